The van der Waals surface area contributed by atoms with Gasteiger partial charge in [-0.2, -0.15) is 0 Å². The van der Waals surface area contributed by atoms with Crippen molar-refractivity contribution in [3.05, 3.63) is 58.9 Å². The van der Waals surface area contributed by atoms with E-state index in [2.05, 4.69) is 54.5 Å². The van der Waals surface area contributed by atoms with E-state index in [0.29, 0.717) is 0 Å². The smallest absolute Gasteiger partial charge is 0.0449 e. The lowest BCUT2D eigenvalue weighted by atomic mass is 10.0. The third kappa shape index (κ3) is 1.82. The standard InChI is InChI=1S/C16H17N/c1-2-5-12-8-9-17-16(12)15-10-13-6-3-4-7-14(13)11-15/h3-4,6-10,17H,2,5,11H2,1H3. The Morgan fingerprint density at radius 3 is 2.88 bits per heavy atom. The van der Waals surface area contributed by atoms with Crippen LogP contribution in [-0.4, -0.2) is 4.98 Å². The van der Waals surface area contributed by atoms with E-state index in [1.165, 1.54) is 34.4 Å². The molecule has 0 unspecified atom stereocenters. The number of hydrogen-bond donors (Lipinski definition) is 1. The quantitative estimate of drug-likeness (QED) is 0.807. The van der Waals surface area contributed by atoms with E-state index in [1.807, 2.05) is 0 Å². The van der Waals surface area contributed by atoms with Gasteiger partial charge in [0.15, 0.2) is 0 Å². The van der Waals surface area contributed by atoms with E-state index in [4.69, 9.17) is 0 Å². The number of nitrogens with one attached hydrogen (secondary N) is 1. The normalized spacial score (nSPS) is 13.6. The molecule has 1 aromatic heterocycles. The van der Waals surface area contributed by atoms with Crippen molar-refractivity contribution in [1.29, 1.82) is 0 Å². The van der Waals surface area contributed by atoms with Crippen LogP contribution in [0.25, 0.3) is 11.6 Å². The summed E-state index contributed by atoms with van der Waals surface area (Å²) in [7, 11) is 0. The van der Waals surface area contributed by atoms with Crippen LogP contribution in [0.5, 0.6) is 0 Å². The van der Waals surface area contributed by atoms with Crippen molar-refractivity contribution >= 4 is 11.6 Å². The molecule has 0 atom stereocenters. The minimum atomic E-state index is 1.06. The molecule has 0 saturated carbocycles. The Bertz CT molecular complexity index is 560. The van der Waals surface area contributed by atoms with Gasteiger partial charge in [-0.1, -0.05) is 37.6 Å². The zero-order valence-corrected chi connectivity index (χ0v) is 10.2. The van der Waals surface area contributed by atoms with Crippen LogP contribution in [0.15, 0.2) is 36.5 Å². The number of aromatic amines is 1. The molecule has 17 heavy (non-hydrogen) atoms. The maximum atomic E-state index is 3.40. The van der Waals surface area contributed by atoms with Crippen molar-refractivity contribution in [3.8, 4) is 0 Å². The number of aryl methyl sites for hydroxylation is 1. The molecule has 0 fully saturated rings. The first kappa shape index (κ1) is 10.4. The Balaban J connectivity index is 1.95. The molecule has 0 aliphatic heterocycles. The molecule has 1 aliphatic carbocycles. The highest BCUT2D eigenvalue weighted by molar-refractivity contribution is 5.88. The van der Waals surface area contributed by atoms with Crippen molar-refractivity contribution in [2.75, 3.05) is 0 Å². The van der Waals surface area contributed by atoms with E-state index in [9.17, 15) is 0 Å². The molecule has 1 aromatic carbocycles. The summed E-state index contributed by atoms with van der Waals surface area (Å²) in [5, 5.41) is 0. The van der Waals surface area contributed by atoms with Crippen LogP contribution in [0, 0.1) is 0 Å². The Morgan fingerprint density at radius 1 is 1.18 bits per heavy atom. The lowest BCUT2D eigenvalue weighted by molar-refractivity contribution is 0.918. The Morgan fingerprint density at radius 2 is 2.06 bits per heavy atom. The topological polar surface area (TPSA) is 15.8 Å². The van der Waals surface area contributed by atoms with E-state index < -0.39 is 0 Å². The predicted octanol–water partition coefficient (Wildman–Crippen LogP) is 4.06. The summed E-state index contributed by atoms with van der Waals surface area (Å²) < 4.78 is 0. The van der Waals surface area contributed by atoms with Crippen LogP contribution >= 0.6 is 0 Å². The first-order valence-corrected chi connectivity index (χ1v) is 6.33. The number of rotatable bonds is 3. The average Bonchev–Trinajstić information content (AvgIpc) is 2.94. The molecular weight excluding hydrogens is 206 g/mol. The van der Waals surface area contributed by atoms with Crippen molar-refractivity contribution in [1.82, 2.24) is 4.98 Å². The number of aromatic nitrogens is 1. The molecule has 0 spiro atoms. The van der Waals surface area contributed by atoms with Gasteiger partial charge in [-0.05, 0) is 40.8 Å². The summed E-state index contributed by atoms with van der Waals surface area (Å²) in [6, 6.07) is 10.9. The number of hydrogen-bond acceptors (Lipinski definition) is 0. The fourth-order valence-electron chi connectivity index (χ4n) is 2.62. The summed E-state index contributed by atoms with van der Waals surface area (Å²) in [5.41, 5.74) is 7.04. The molecule has 0 bridgehead atoms. The van der Waals surface area contributed by atoms with Gasteiger partial charge in [-0.15, -0.1) is 0 Å². The average molecular weight is 223 g/mol. The van der Waals surface area contributed by atoms with Gasteiger partial charge >= 0.3 is 0 Å². The Hall–Kier alpha value is -1.76. The second kappa shape index (κ2) is 4.25. The summed E-state index contributed by atoms with van der Waals surface area (Å²) in [5.74, 6) is 0. The molecule has 1 nitrogen and oxygen atoms in total. The second-order valence-electron chi connectivity index (χ2n) is 4.67. The maximum absolute atomic E-state index is 3.40. The molecule has 1 aliphatic rings. The SMILES string of the molecule is CCCc1cc[nH]c1C1=Cc2ccccc2C1. The monoisotopic (exact) mass is 223 g/mol. The largest absolute Gasteiger partial charge is 0.361 e. The molecule has 86 valence electrons. The summed E-state index contributed by atoms with van der Waals surface area (Å²) in [4.78, 5) is 3.40. The minimum Gasteiger partial charge on any atom is -0.361 e. The molecule has 0 radical (unpaired) electrons. The van der Waals surface area contributed by atoms with Gasteiger partial charge in [0.1, 0.15) is 0 Å². The van der Waals surface area contributed by atoms with Gasteiger partial charge in [0, 0.05) is 18.3 Å². The zero-order valence-electron chi connectivity index (χ0n) is 10.2. The Kier molecular flexibility index (Phi) is 2.60. The van der Waals surface area contributed by atoms with Crippen molar-refractivity contribution < 1.29 is 0 Å². The van der Waals surface area contributed by atoms with Crippen LogP contribution in [0.4, 0.5) is 0 Å². The van der Waals surface area contributed by atoms with Crippen molar-refractivity contribution in [2.45, 2.75) is 26.2 Å². The van der Waals surface area contributed by atoms with Gasteiger partial charge < -0.3 is 4.98 Å². The molecule has 1 N–H and O–H groups in total. The maximum Gasteiger partial charge on any atom is 0.0449 e. The van der Waals surface area contributed by atoms with Crippen LogP contribution < -0.4 is 0 Å². The van der Waals surface area contributed by atoms with Crippen LogP contribution in [0.2, 0.25) is 0 Å². The molecule has 2 aromatic rings. The van der Waals surface area contributed by atoms with E-state index >= 15 is 0 Å². The summed E-state index contributed by atoms with van der Waals surface area (Å²) in [6.07, 6.45) is 7.80. The highest BCUT2D eigenvalue weighted by atomic mass is 14.7. The van der Waals surface area contributed by atoms with E-state index in [0.717, 1.165) is 12.8 Å². The van der Waals surface area contributed by atoms with E-state index in [1.54, 1.807) is 0 Å². The molecular formula is C16H17N. The summed E-state index contributed by atoms with van der Waals surface area (Å²) in [6.45, 7) is 2.23. The fourth-order valence-corrected chi connectivity index (χ4v) is 2.62. The van der Waals surface area contributed by atoms with Gasteiger partial charge in [-0.25, -0.2) is 0 Å². The molecule has 1 heterocycles. The van der Waals surface area contributed by atoms with Gasteiger partial charge in [-0.3, -0.25) is 0 Å². The summed E-state index contributed by atoms with van der Waals surface area (Å²) >= 11 is 0. The van der Waals surface area contributed by atoms with Crippen molar-refractivity contribution in [2.24, 2.45) is 0 Å². The number of H-pyrrole nitrogens is 1. The molecule has 1 heteroatoms. The van der Waals surface area contributed by atoms with Crippen LogP contribution in [-0.2, 0) is 12.8 Å². The first-order chi connectivity index (χ1) is 8.38. The molecule has 3 rings (SSSR count). The predicted molar refractivity (Wildman–Crippen MR) is 72.8 cm³/mol. The van der Waals surface area contributed by atoms with Crippen LogP contribution in [0.1, 0.15) is 35.7 Å². The second-order valence-corrected chi connectivity index (χ2v) is 4.67. The minimum absolute atomic E-state index is 1.06. The zero-order chi connectivity index (χ0) is 11.7. The third-order valence-electron chi connectivity index (χ3n) is 3.44. The van der Waals surface area contributed by atoms with Crippen molar-refractivity contribution in [3.63, 3.8) is 0 Å². The number of fused-ring (bicyclic) bond motifs is 1. The number of benzene rings is 1. The first-order valence-electron chi connectivity index (χ1n) is 6.33. The molecule has 0 saturated heterocycles. The number of allylic oxidation sites excluding steroid dienone is 1. The fraction of sp³-hybridized carbons (Fsp3) is 0.250. The van der Waals surface area contributed by atoms with Gasteiger partial charge in [0.05, 0.1) is 0 Å². The van der Waals surface area contributed by atoms with Gasteiger partial charge in [0.25, 0.3) is 0 Å². The van der Waals surface area contributed by atoms with E-state index in [-0.39, 0.29) is 0 Å². The lowest BCUT2D eigenvalue weighted by Gasteiger charge is -2.03. The highest BCUT2D eigenvalue weighted by Crippen LogP contribution is 2.32. The van der Waals surface area contributed by atoms with Crippen LogP contribution in [0.3, 0.4) is 0 Å². The van der Waals surface area contributed by atoms with Gasteiger partial charge in [0.2, 0.25) is 0 Å². The third-order valence-corrected chi connectivity index (χ3v) is 3.44. The lowest BCUT2D eigenvalue weighted by Crippen LogP contribution is -1.91. The molecule has 0 amide bonds. The Labute approximate surface area is 102 Å². The highest BCUT2D eigenvalue weighted by Gasteiger charge is 2.16.